The Kier molecular flexibility index (Phi) is 4.53. The first kappa shape index (κ1) is 13.8. The monoisotopic (exact) mass is 290 g/mol. The minimum absolute atomic E-state index is 0.178. The molecule has 1 aromatic rings. The molecule has 2 saturated heterocycles. The van der Waals surface area contributed by atoms with Gasteiger partial charge in [-0.15, -0.1) is 11.3 Å². The lowest BCUT2D eigenvalue weighted by molar-refractivity contribution is -0.130. The van der Waals surface area contributed by atoms with Crippen molar-refractivity contribution >= 4 is 23.3 Å². The Labute approximate surface area is 124 Å². The molecular weight excluding hydrogens is 268 g/mol. The largest absolute Gasteiger partial charge is 0.335 e. The predicted molar refractivity (Wildman–Crippen MR) is 83.7 cm³/mol. The molecule has 108 valence electrons. The van der Waals surface area contributed by atoms with Gasteiger partial charge in [0.15, 0.2) is 0 Å². The standard InChI is InChI=1S/C16H22N2OS/c19-16(9-8-13-5-4-12-20-13)18-11-2-1-7-15(18)14-6-3-10-17-14/h4-5,8-9,12,14-15,17H,1-3,6-7,10-11H2. The number of thiophene rings is 1. The SMILES string of the molecule is O=C(C=Cc1cccs1)N1CCCCC1C1CCCN1. The highest BCUT2D eigenvalue weighted by molar-refractivity contribution is 7.10. The number of amides is 1. The number of piperidine rings is 1. The molecular formula is C16H22N2OS. The number of likely N-dealkylation sites (tertiary alicyclic amines) is 1. The van der Waals surface area contributed by atoms with Gasteiger partial charge >= 0.3 is 0 Å². The predicted octanol–water partition coefficient (Wildman–Crippen LogP) is 2.89. The first-order valence-electron chi connectivity index (χ1n) is 7.60. The molecule has 2 atom stereocenters. The molecule has 20 heavy (non-hydrogen) atoms. The van der Waals surface area contributed by atoms with E-state index in [0.717, 1.165) is 30.8 Å². The van der Waals surface area contributed by atoms with Crippen molar-refractivity contribution in [2.24, 2.45) is 0 Å². The Morgan fingerprint density at radius 2 is 2.30 bits per heavy atom. The first-order chi connectivity index (χ1) is 9.84. The second-order valence-electron chi connectivity index (χ2n) is 5.65. The van der Waals surface area contributed by atoms with Gasteiger partial charge in [-0.05, 0) is 56.2 Å². The average Bonchev–Trinajstić information content (AvgIpc) is 3.18. The van der Waals surface area contributed by atoms with E-state index in [1.165, 1.54) is 19.3 Å². The Bertz CT molecular complexity index is 463. The molecule has 4 heteroatoms. The number of nitrogens with zero attached hydrogens (tertiary/aromatic N) is 1. The van der Waals surface area contributed by atoms with Crippen LogP contribution in [0, 0.1) is 0 Å². The number of rotatable bonds is 3. The number of hydrogen-bond acceptors (Lipinski definition) is 3. The highest BCUT2D eigenvalue weighted by Gasteiger charge is 2.33. The molecule has 0 bridgehead atoms. The number of carbonyl (C=O) groups excluding carboxylic acids is 1. The van der Waals surface area contributed by atoms with Crippen LogP contribution in [0.15, 0.2) is 23.6 Å². The smallest absolute Gasteiger partial charge is 0.246 e. The Balaban J connectivity index is 1.67. The molecule has 0 radical (unpaired) electrons. The van der Waals surface area contributed by atoms with Crippen molar-refractivity contribution in [2.45, 2.75) is 44.2 Å². The summed E-state index contributed by atoms with van der Waals surface area (Å²) >= 11 is 1.67. The van der Waals surface area contributed by atoms with Gasteiger partial charge in [0.2, 0.25) is 5.91 Å². The van der Waals surface area contributed by atoms with E-state index in [1.54, 1.807) is 17.4 Å². The zero-order valence-electron chi connectivity index (χ0n) is 11.8. The van der Waals surface area contributed by atoms with E-state index in [4.69, 9.17) is 0 Å². The van der Waals surface area contributed by atoms with Crippen LogP contribution in [0.4, 0.5) is 0 Å². The summed E-state index contributed by atoms with van der Waals surface area (Å²) in [6, 6.07) is 4.96. The summed E-state index contributed by atoms with van der Waals surface area (Å²) in [6.45, 7) is 2.02. The fourth-order valence-electron chi connectivity index (χ4n) is 3.32. The van der Waals surface area contributed by atoms with E-state index in [-0.39, 0.29) is 5.91 Å². The molecule has 1 N–H and O–H groups in total. The third kappa shape index (κ3) is 3.13. The van der Waals surface area contributed by atoms with Gasteiger partial charge < -0.3 is 10.2 Å². The van der Waals surface area contributed by atoms with Crippen molar-refractivity contribution in [2.75, 3.05) is 13.1 Å². The Morgan fingerprint density at radius 3 is 3.05 bits per heavy atom. The molecule has 0 saturated carbocycles. The zero-order valence-corrected chi connectivity index (χ0v) is 12.6. The quantitative estimate of drug-likeness (QED) is 0.868. The summed E-state index contributed by atoms with van der Waals surface area (Å²) in [4.78, 5) is 15.7. The maximum Gasteiger partial charge on any atom is 0.246 e. The molecule has 0 aromatic carbocycles. The summed E-state index contributed by atoms with van der Waals surface area (Å²) in [5, 5.41) is 5.60. The van der Waals surface area contributed by atoms with E-state index < -0.39 is 0 Å². The number of carbonyl (C=O) groups is 1. The van der Waals surface area contributed by atoms with Crippen LogP contribution in [0.1, 0.15) is 37.0 Å². The maximum atomic E-state index is 12.5. The molecule has 2 aliphatic rings. The lowest BCUT2D eigenvalue weighted by atomic mass is 9.94. The van der Waals surface area contributed by atoms with Crippen LogP contribution in [0.5, 0.6) is 0 Å². The van der Waals surface area contributed by atoms with E-state index >= 15 is 0 Å². The molecule has 2 fully saturated rings. The lowest BCUT2D eigenvalue weighted by Crippen LogP contribution is -2.52. The topological polar surface area (TPSA) is 32.3 Å². The van der Waals surface area contributed by atoms with Crippen LogP contribution in [0.25, 0.3) is 6.08 Å². The second kappa shape index (κ2) is 6.55. The normalized spacial score (nSPS) is 27.3. The van der Waals surface area contributed by atoms with Crippen LogP contribution < -0.4 is 5.32 Å². The van der Waals surface area contributed by atoms with Crippen LogP contribution >= 0.6 is 11.3 Å². The zero-order chi connectivity index (χ0) is 13.8. The molecule has 1 aromatic heterocycles. The highest BCUT2D eigenvalue weighted by Crippen LogP contribution is 2.24. The van der Waals surface area contributed by atoms with Crippen LogP contribution in [-0.4, -0.2) is 36.0 Å². The van der Waals surface area contributed by atoms with Crippen molar-refractivity contribution in [3.05, 3.63) is 28.5 Å². The minimum Gasteiger partial charge on any atom is -0.335 e. The third-order valence-corrected chi connectivity index (χ3v) is 5.17. The molecule has 1 amide bonds. The Morgan fingerprint density at radius 1 is 1.35 bits per heavy atom. The highest BCUT2D eigenvalue weighted by atomic mass is 32.1. The average molecular weight is 290 g/mol. The summed E-state index contributed by atoms with van der Waals surface area (Å²) in [5.41, 5.74) is 0. The van der Waals surface area contributed by atoms with Gasteiger partial charge in [-0.25, -0.2) is 0 Å². The molecule has 3 nitrogen and oxygen atoms in total. The van der Waals surface area contributed by atoms with E-state index in [1.807, 2.05) is 23.6 Å². The van der Waals surface area contributed by atoms with Crippen molar-refractivity contribution in [1.82, 2.24) is 10.2 Å². The number of nitrogens with one attached hydrogen (secondary N) is 1. The van der Waals surface area contributed by atoms with Crippen LogP contribution in [0.3, 0.4) is 0 Å². The van der Waals surface area contributed by atoms with Crippen molar-refractivity contribution < 1.29 is 4.79 Å². The lowest BCUT2D eigenvalue weighted by Gasteiger charge is -2.38. The first-order valence-corrected chi connectivity index (χ1v) is 8.48. The third-order valence-electron chi connectivity index (χ3n) is 4.33. The van der Waals surface area contributed by atoms with Crippen molar-refractivity contribution in [1.29, 1.82) is 0 Å². The van der Waals surface area contributed by atoms with Crippen LogP contribution in [-0.2, 0) is 4.79 Å². The summed E-state index contributed by atoms with van der Waals surface area (Å²) in [6.07, 6.45) is 9.69. The van der Waals surface area contributed by atoms with Gasteiger partial charge in [-0.1, -0.05) is 6.07 Å². The van der Waals surface area contributed by atoms with Crippen LogP contribution in [0.2, 0.25) is 0 Å². The van der Waals surface area contributed by atoms with Gasteiger partial charge in [0, 0.05) is 29.6 Å². The molecule has 0 aliphatic carbocycles. The molecule has 2 unspecified atom stereocenters. The molecule has 3 heterocycles. The van der Waals surface area contributed by atoms with E-state index in [2.05, 4.69) is 10.2 Å². The second-order valence-corrected chi connectivity index (χ2v) is 6.63. The summed E-state index contributed by atoms with van der Waals surface area (Å²) in [7, 11) is 0. The fourth-order valence-corrected chi connectivity index (χ4v) is 3.94. The van der Waals surface area contributed by atoms with Gasteiger partial charge in [-0.2, -0.15) is 0 Å². The van der Waals surface area contributed by atoms with E-state index in [9.17, 15) is 4.79 Å². The molecule has 0 spiro atoms. The minimum atomic E-state index is 0.178. The van der Waals surface area contributed by atoms with Gasteiger partial charge in [-0.3, -0.25) is 4.79 Å². The maximum absolute atomic E-state index is 12.5. The van der Waals surface area contributed by atoms with E-state index in [0.29, 0.717) is 12.1 Å². The van der Waals surface area contributed by atoms with Crippen molar-refractivity contribution in [3.8, 4) is 0 Å². The fraction of sp³-hybridized carbons (Fsp3) is 0.562. The van der Waals surface area contributed by atoms with Gasteiger partial charge in [0.1, 0.15) is 0 Å². The summed E-state index contributed by atoms with van der Waals surface area (Å²) < 4.78 is 0. The van der Waals surface area contributed by atoms with Crippen molar-refractivity contribution in [3.63, 3.8) is 0 Å². The number of hydrogen-bond donors (Lipinski definition) is 1. The summed E-state index contributed by atoms with van der Waals surface area (Å²) in [5.74, 6) is 0.178. The Hall–Kier alpha value is -1.13. The van der Waals surface area contributed by atoms with Gasteiger partial charge in [0.25, 0.3) is 0 Å². The molecule has 2 aliphatic heterocycles. The molecule has 3 rings (SSSR count). The van der Waals surface area contributed by atoms with Gasteiger partial charge in [0.05, 0.1) is 0 Å².